The number of nitrogens with one attached hydrogen (secondary N) is 1. The number of aryl methyl sites for hydroxylation is 1. The maximum atomic E-state index is 12.5. The zero-order valence-corrected chi connectivity index (χ0v) is 17.3. The van der Waals surface area contributed by atoms with E-state index in [1.54, 1.807) is 19.3 Å². The van der Waals surface area contributed by atoms with E-state index in [-0.39, 0.29) is 12.1 Å². The van der Waals surface area contributed by atoms with Gasteiger partial charge in [-0.3, -0.25) is 19.0 Å². The Morgan fingerprint density at radius 2 is 2.18 bits per heavy atom. The molecule has 2 aliphatic heterocycles. The second-order valence-electron chi connectivity index (χ2n) is 7.18. The van der Waals surface area contributed by atoms with E-state index in [0.29, 0.717) is 18.6 Å². The predicted molar refractivity (Wildman–Crippen MR) is 103 cm³/mol. The average molecular weight is 408 g/mol. The van der Waals surface area contributed by atoms with Crippen LogP contribution in [0.3, 0.4) is 0 Å². The first-order valence-corrected chi connectivity index (χ1v) is 11.1. The van der Waals surface area contributed by atoms with E-state index < -0.39 is 31.5 Å². The lowest BCUT2D eigenvalue weighted by Crippen LogP contribution is -2.38. The molecular formula is C18H25N4O5P. The van der Waals surface area contributed by atoms with Gasteiger partial charge in [0.25, 0.3) is 5.56 Å². The van der Waals surface area contributed by atoms with Crippen molar-refractivity contribution in [3.05, 3.63) is 50.6 Å². The number of H-pyrrole nitrogens is 1. The summed E-state index contributed by atoms with van der Waals surface area (Å²) < 4.78 is 21.9. The molecule has 0 amide bonds. The van der Waals surface area contributed by atoms with Crippen LogP contribution < -0.4 is 11.2 Å². The SMILES string of the molecule is CCCOP(C)OC1[C@H]2[C@H](n3cc(C)c(=O)[nH]c3=O)O[C@]1(CC)c1ccnn12. The van der Waals surface area contributed by atoms with Crippen molar-refractivity contribution in [1.29, 1.82) is 0 Å². The number of nitrogens with zero attached hydrogens (tertiary/aromatic N) is 3. The van der Waals surface area contributed by atoms with Crippen molar-refractivity contribution in [1.82, 2.24) is 19.3 Å². The van der Waals surface area contributed by atoms with E-state index >= 15 is 0 Å². The predicted octanol–water partition coefficient (Wildman–Crippen LogP) is 2.18. The highest BCUT2D eigenvalue weighted by atomic mass is 31.2. The minimum absolute atomic E-state index is 0.330. The van der Waals surface area contributed by atoms with Gasteiger partial charge in [0.15, 0.2) is 14.6 Å². The Balaban J connectivity index is 1.76. The molecule has 5 atom stereocenters. The number of aromatic amines is 1. The summed E-state index contributed by atoms with van der Waals surface area (Å²) in [4.78, 5) is 26.6. The van der Waals surface area contributed by atoms with Crippen LogP contribution in [0.25, 0.3) is 0 Å². The van der Waals surface area contributed by atoms with Crippen molar-refractivity contribution < 1.29 is 13.8 Å². The standard InChI is InChI=1S/C18H25N4O5P/c1-5-9-25-28(4)27-14-13-16(21-10-11(3)15(23)20-17(21)24)26-18(14,6-2)12-7-8-19-22(12)13/h7-8,10,13-14,16H,5-6,9H2,1-4H3,(H,20,23,24)/t13-,14?,16+,18+,28?/m0/s1. The Morgan fingerprint density at radius 3 is 2.89 bits per heavy atom. The third-order valence-electron chi connectivity index (χ3n) is 5.46. The van der Waals surface area contributed by atoms with Crippen LogP contribution >= 0.6 is 8.38 Å². The van der Waals surface area contributed by atoms with Gasteiger partial charge in [0.2, 0.25) is 0 Å². The van der Waals surface area contributed by atoms with Crippen LogP contribution in [0, 0.1) is 6.92 Å². The quantitative estimate of drug-likeness (QED) is 0.705. The number of hydrogen-bond acceptors (Lipinski definition) is 6. The zero-order valence-electron chi connectivity index (χ0n) is 16.4. The van der Waals surface area contributed by atoms with Crippen molar-refractivity contribution in [3.8, 4) is 0 Å². The molecule has 1 saturated heterocycles. The molecule has 1 N–H and O–H groups in total. The van der Waals surface area contributed by atoms with Crippen molar-refractivity contribution in [2.75, 3.05) is 13.3 Å². The molecule has 2 aromatic rings. The molecule has 0 saturated carbocycles. The topological polar surface area (TPSA) is 100 Å². The molecule has 4 rings (SSSR count). The lowest BCUT2D eigenvalue weighted by Gasteiger charge is -2.32. The van der Waals surface area contributed by atoms with Crippen molar-refractivity contribution in [3.63, 3.8) is 0 Å². The molecule has 0 aliphatic carbocycles. The van der Waals surface area contributed by atoms with Gasteiger partial charge >= 0.3 is 5.69 Å². The molecule has 152 valence electrons. The normalized spacial score (nSPS) is 29.2. The maximum Gasteiger partial charge on any atom is 0.330 e. The van der Waals surface area contributed by atoms with E-state index in [4.69, 9.17) is 13.8 Å². The largest absolute Gasteiger partial charge is 0.340 e. The summed E-state index contributed by atoms with van der Waals surface area (Å²) in [6.07, 6.45) is 3.88. The first-order valence-electron chi connectivity index (χ1n) is 9.50. The molecule has 2 aliphatic rings. The lowest BCUT2D eigenvalue weighted by molar-refractivity contribution is -0.120. The van der Waals surface area contributed by atoms with Crippen LogP contribution in [0.2, 0.25) is 0 Å². The number of fused-ring (bicyclic) bond motifs is 5. The van der Waals surface area contributed by atoms with Gasteiger partial charge in [0.1, 0.15) is 17.7 Å². The lowest BCUT2D eigenvalue weighted by atomic mass is 9.92. The van der Waals surface area contributed by atoms with E-state index in [1.807, 2.05) is 24.3 Å². The Hall–Kier alpha value is -1.80. The Bertz CT molecular complexity index is 985. The van der Waals surface area contributed by atoms with Crippen LogP contribution in [-0.2, 0) is 19.4 Å². The van der Waals surface area contributed by atoms with Crippen LogP contribution in [0.15, 0.2) is 28.0 Å². The van der Waals surface area contributed by atoms with Crippen LogP contribution in [-0.4, -0.2) is 38.7 Å². The third-order valence-corrected chi connectivity index (χ3v) is 6.53. The monoisotopic (exact) mass is 408 g/mol. The molecule has 10 heteroatoms. The molecule has 2 aromatic heterocycles. The molecule has 4 heterocycles. The summed E-state index contributed by atoms with van der Waals surface area (Å²) in [6.45, 7) is 8.31. The van der Waals surface area contributed by atoms with Gasteiger partial charge in [-0.25, -0.2) is 4.79 Å². The fourth-order valence-corrected chi connectivity index (χ4v) is 5.25. The van der Waals surface area contributed by atoms with E-state index in [9.17, 15) is 9.59 Å². The number of ether oxygens (including phenoxy) is 1. The summed E-state index contributed by atoms with van der Waals surface area (Å²) in [6, 6.07) is 1.60. The van der Waals surface area contributed by atoms with Crippen molar-refractivity contribution >= 4 is 8.38 Å². The number of rotatable bonds is 7. The van der Waals surface area contributed by atoms with Gasteiger partial charge in [-0.05, 0) is 25.8 Å². The molecule has 0 radical (unpaired) electrons. The highest BCUT2D eigenvalue weighted by molar-refractivity contribution is 7.46. The second kappa shape index (κ2) is 7.22. The molecule has 9 nitrogen and oxygen atoms in total. The molecule has 0 aromatic carbocycles. The third kappa shape index (κ3) is 2.80. The van der Waals surface area contributed by atoms with Gasteiger partial charge in [0.05, 0.1) is 12.3 Å². The summed E-state index contributed by atoms with van der Waals surface area (Å²) in [5, 5.41) is 4.47. The van der Waals surface area contributed by atoms with Crippen molar-refractivity contribution in [2.45, 2.75) is 57.6 Å². The van der Waals surface area contributed by atoms with Gasteiger partial charge in [-0.15, -0.1) is 0 Å². The molecule has 1 fully saturated rings. The first-order chi connectivity index (χ1) is 13.4. The summed E-state index contributed by atoms with van der Waals surface area (Å²) in [5.41, 5.74) is -0.241. The van der Waals surface area contributed by atoms with E-state index in [1.165, 1.54) is 4.57 Å². The molecule has 2 bridgehead atoms. The highest BCUT2D eigenvalue weighted by Gasteiger charge is 2.65. The zero-order chi connectivity index (χ0) is 20.1. The van der Waals surface area contributed by atoms with Crippen LogP contribution in [0.4, 0.5) is 0 Å². The average Bonchev–Trinajstić information content (AvgIpc) is 3.33. The van der Waals surface area contributed by atoms with E-state index in [0.717, 1.165) is 12.1 Å². The minimum atomic E-state index is -1.11. The smallest absolute Gasteiger partial charge is 0.330 e. The molecule has 2 unspecified atom stereocenters. The number of aromatic nitrogens is 4. The summed E-state index contributed by atoms with van der Waals surface area (Å²) >= 11 is 0. The van der Waals surface area contributed by atoms with Gasteiger partial charge in [-0.1, -0.05) is 13.8 Å². The Kier molecular flexibility index (Phi) is 5.03. The Morgan fingerprint density at radius 1 is 1.39 bits per heavy atom. The first kappa shape index (κ1) is 19.5. The van der Waals surface area contributed by atoms with Gasteiger partial charge in [-0.2, -0.15) is 5.10 Å². The van der Waals surface area contributed by atoms with Gasteiger partial charge in [0, 0.05) is 24.6 Å². The Labute approximate surface area is 163 Å². The van der Waals surface area contributed by atoms with Gasteiger partial charge < -0.3 is 13.8 Å². The second-order valence-corrected chi connectivity index (χ2v) is 8.53. The number of hydrogen-bond donors (Lipinski definition) is 1. The summed E-state index contributed by atoms with van der Waals surface area (Å²) in [7, 11) is -1.11. The molecule has 28 heavy (non-hydrogen) atoms. The maximum absolute atomic E-state index is 12.5. The van der Waals surface area contributed by atoms with Crippen molar-refractivity contribution in [2.24, 2.45) is 0 Å². The molecule has 0 spiro atoms. The fraction of sp³-hybridized carbons (Fsp3) is 0.611. The van der Waals surface area contributed by atoms with E-state index in [2.05, 4.69) is 17.0 Å². The minimum Gasteiger partial charge on any atom is -0.340 e. The van der Waals surface area contributed by atoms with Crippen LogP contribution in [0.1, 0.15) is 50.2 Å². The van der Waals surface area contributed by atoms with Crippen LogP contribution in [0.5, 0.6) is 0 Å². The molecular weight excluding hydrogens is 383 g/mol. The summed E-state index contributed by atoms with van der Waals surface area (Å²) in [5.74, 6) is 0. The highest BCUT2D eigenvalue weighted by Crippen LogP contribution is 2.60. The fourth-order valence-electron chi connectivity index (χ4n) is 4.14.